The van der Waals surface area contributed by atoms with E-state index in [2.05, 4.69) is 15.6 Å². The molecule has 1 N–H and O–H groups in total. The molecule has 0 aliphatic carbocycles. The molecule has 1 amide bonds. The first-order valence-corrected chi connectivity index (χ1v) is 10.7. The van der Waals surface area contributed by atoms with E-state index in [0.29, 0.717) is 28.3 Å². The van der Waals surface area contributed by atoms with E-state index in [1.54, 1.807) is 57.2 Å². The Morgan fingerprint density at radius 2 is 1.97 bits per heavy atom. The Balaban J connectivity index is 1.71. The second-order valence-corrected chi connectivity index (χ2v) is 7.82. The number of ether oxygens (including phenoxy) is 2. The van der Waals surface area contributed by atoms with Crippen molar-refractivity contribution in [3.05, 3.63) is 80.9 Å². The molecule has 2 aromatic carbocycles. The molecule has 3 rings (SSSR count). The van der Waals surface area contributed by atoms with Crippen LogP contribution in [-0.4, -0.2) is 33.4 Å². The highest BCUT2D eigenvalue weighted by Crippen LogP contribution is 2.29. The molecule has 1 unspecified atom stereocenters. The third-order valence-corrected chi connectivity index (χ3v) is 5.47. The molecule has 0 radical (unpaired) electrons. The molecule has 0 fully saturated rings. The van der Waals surface area contributed by atoms with E-state index in [-0.39, 0.29) is 29.5 Å². The minimum atomic E-state index is -0.817. The first-order chi connectivity index (χ1) is 16.6. The molecule has 184 valence electrons. The van der Waals surface area contributed by atoms with Crippen molar-refractivity contribution < 1.29 is 23.6 Å². The molecular formula is C24H26FN5O5. The molecule has 35 heavy (non-hydrogen) atoms. The molecule has 0 bridgehead atoms. The van der Waals surface area contributed by atoms with Crippen LogP contribution in [-0.2, 0) is 11.4 Å². The normalized spacial score (nSPS) is 12.2. The van der Waals surface area contributed by atoms with Gasteiger partial charge in [-0.3, -0.25) is 19.6 Å². The Kier molecular flexibility index (Phi) is 7.80. The van der Waals surface area contributed by atoms with E-state index in [0.717, 1.165) is 0 Å². The van der Waals surface area contributed by atoms with Crippen LogP contribution >= 0.6 is 0 Å². The summed E-state index contributed by atoms with van der Waals surface area (Å²) >= 11 is 0. The van der Waals surface area contributed by atoms with Crippen molar-refractivity contribution in [3.8, 4) is 11.5 Å². The number of aromatic nitrogens is 2. The number of rotatable bonds is 9. The van der Waals surface area contributed by atoms with E-state index < -0.39 is 16.9 Å². The Morgan fingerprint density at radius 1 is 1.26 bits per heavy atom. The lowest BCUT2D eigenvalue weighted by molar-refractivity contribution is -0.386. The molecule has 0 aliphatic rings. The minimum Gasteiger partial charge on any atom is -0.493 e. The van der Waals surface area contributed by atoms with Gasteiger partial charge < -0.3 is 9.47 Å². The van der Waals surface area contributed by atoms with Crippen molar-refractivity contribution in [2.24, 2.45) is 5.10 Å². The van der Waals surface area contributed by atoms with Gasteiger partial charge in [-0.1, -0.05) is 18.2 Å². The fourth-order valence-corrected chi connectivity index (χ4v) is 3.49. The summed E-state index contributed by atoms with van der Waals surface area (Å²) in [5.74, 6) is 0.00637. The number of nitro groups is 1. The van der Waals surface area contributed by atoms with Crippen LogP contribution in [0.25, 0.3) is 0 Å². The number of hydrazone groups is 1. The largest absolute Gasteiger partial charge is 0.493 e. The lowest BCUT2D eigenvalue weighted by Crippen LogP contribution is -2.29. The maximum absolute atomic E-state index is 13.8. The van der Waals surface area contributed by atoms with Crippen LogP contribution in [0, 0.1) is 29.8 Å². The van der Waals surface area contributed by atoms with Crippen LogP contribution < -0.4 is 14.9 Å². The summed E-state index contributed by atoms with van der Waals surface area (Å²) in [5.41, 5.74) is 4.44. The van der Waals surface area contributed by atoms with Gasteiger partial charge in [-0.2, -0.15) is 10.2 Å². The highest BCUT2D eigenvalue weighted by atomic mass is 19.1. The van der Waals surface area contributed by atoms with Gasteiger partial charge in [-0.15, -0.1) is 0 Å². The summed E-state index contributed by atoms with van der Waals surface area (Å²) in [5, 5.41) is 19.5. The van der Waals surface area contributed by atoms with Crippen LogP contribution in [0.2, 0.25) is 0 Å². The number of amides is 1. The zero-order chi connectivity index (χ0) is 25.7. The molecular weight excluding hydrogens is 457 g/mol. The topological polar surface area (TPSA) is 121 Å². The van der Waals surface area contributed by atoms with Gasteiger partial charge in [-0.05, 0) is 52.0 Å². The molecule has 10 nitrogen and oxygen atoms in total. The summed E-state index contributed by atoms with van der Waals surface area (Å²) in [7, 11) is 1.48. The fourth-order valence-electron chi connectivity index (χ4n) is 3.49. The Hall–Kier alpha value is -4.28. The number of nitrogens with zero attached hydrogens (tertiary/aromatic N) is 4. The van der Waals surface area contributed by atoms with Gasteiger partial charge >= 0.3 is 5.69 Å². The molecule has 0 saturated carbocycles. The van der Waals surface area contributed by atoms with Crippen molar-refractivity contribution in [2.75, 3.05) is 7.11 Å². The molecule has 0 aliphatic heterocycles. The SMILES string of the molecule is COc1cc(/C(C)=N/NC(=O)C(C)n2nc(C)c([N+](=O)[O-])c2C)ccc1OCc1ccccc1F. The number of hydrogen-bond donors (Lipinski definition) is 1. The zero-order valence-electron chi connectivity index (χ0n) is 20.0. The summed E-state index contributed by atoms with van der Waals surface area (Å²) < 4.78 is 26.3. The Morgan fingerprint density at radius 3 is 2.60 bits per heavy atom. The smallest absolute Gasteiger partial charge is 0.312 e. The van der Waals surface area contributed by atoms with E-state index in [4.69, 9.17) is 9.47 Å². The maximum Gasteiger partial charge on any atom is 0.312 e. The van der Waals surface area contributed by atoms with Crippen molar-refractivity contribution in [1.82, 2.24) is 15.2 Å². The van der Waals surface area contributed by atoms with Crippen molar-refractivity contribution in [1.29, 1.82) is 0 Å². The molecule has 1 aromatic heterocycles. The van der Waals surface area contributed by atoms with E-state index in [1.165, 1.54) is 24.8 Å². The number of benzene rings is 2. The second-order valence-electron chi connectivity index (χ2n) is 7.82. The number of hydrogen-bond acceptors (Lipinski definition) is 7. The number of aryl methyl sites for hydroxylation is 1. The first-order valence-electron chi connectivity index (χ1n) is 10.7. The molecule has 0 saturated heterocycles. The van der Waals surface area contributed by atoms with Crippen LogP contribution in [0.3, 0.4) is 0 Å². The standard InChI is InChI=1S/C24H26FN5O5/c1-14(26-27-24(31)17(4)29-16(3)23(30(32)33)15(2)28-29)18-10-11-21(22(12-18)34-5)35-13-19-8-6-7-9-20(19)25/h6-12,17H,13H2,1-5H3,(H,27,31)/b26-14+. The maximum atomic E-state index is 13.8. The monoisotopic (exact) mass is 483 g/mol. The quantitative estimate of drug-likeness (QED) is 0.276. The number of nitrogens with one attached hydrogen (secondary N) is 1. The highest BCUT2D eigenvalue weighted by molar-refractivity contribution is 5.99. The molecule has 3 aromatic rings. The van der Waals surface area contributed by atoms with Gasteiger partial charge in [0.25, 0.3) is 5.91 Å². The third-order valence-electron chi connectivity index (χ3n) is 5.47. The minimum absolute atomic E-state index is 0.0356. The number of methoxy groups -OCH3 is 1. The number of carbonyl (C=O) groups is 1. The third kappa shape index (κ3) is 5.62. The van der Waals surface area contributed by atoms with Gasteiger partial charge in [0.05, 0.1) is 17.7 Å². The van der Waals surface area contributed by atoms with Crippen LogP contribution in [0.4, 0.5) is 10.1 Å². The van der Waals surface area contributed by atoms with Crippen molar-refractivity contribution in [3.63, 3.8) is 0 Å². The molecule has 1 heterocycles. The highest BCUT2D eigenvalue weighted by Gasteiger charge is 2.27. The number of halogens is 1. The Labute approximate surface area is 201 Å². The summed E-state index contributed by atoms with van der Waals surface area (Å²) in [6.07, 6.45) is 0. The van der Waals surface area contributed by atoms with E-state index in [9.17, 15) is 19.3 Å². The predicted molar refractivity (Wildman–Crippen MR) is 127 cm³/mol. The summed E-state index contributed by atoms with van der Waals surface area (Å²) in [6, 6.07) is 10.6. The average Bonchev–Trinajstić information content (AvgIpc) is 3.14. The summed E-state index contributed by atoms with van der Waals surface area (Å²) in [4.78, 5) is 23.3. The zero-order valence-corrected chi connectivity index (χ0v) is 20.0. The number of carbonyl (C=O) groups excluding carboxylic acids is 1. The second kappa shape index (κ2) is 10.8. The van der Waals surface area contributed by atoms with E-state index in [1.807, 2.05) is 0 Å². The van der Waals surface area contributed by atoms with Crippen LogP contribution in [0.15, 0.2) is 47.6 Å². The Bertz CT molecular complexity index is 1290. The summed E-state index contributed by atoms with van der Waals surface area (Å²) in [6.45, 7) is 6.37. The fraction of sp³-hybridized carbons (Fsp3) is 0.292. The van der Waals surface area contributed by atoms with Gasteiger partial charge in [0.15, 0.2) is 11.5 Å². The predicted octanol–water partition coefficient (Wildman–Crippen LogP) is 4.24. The van der Waals surface area contributed by atoms with E-state index >= 15 is 0 Å². The van der Waals surface area contributed by atoms with Crippen molar-refractivity contribution in [2.45, 2.75) is 40.3 Å². The van der Waals surface area contributed by atoms with Gasteiger partial charge in [0.1, 0.15) is 29.9 Å². The van der Waals surface area contributed by atoms with Crippen molar-refractivity contribution >= 4 is 17.3 Å². The first kappa shape index (κ1) is 25.3. The van der Waals surface area contributed by atoms with Gasteiger partial charge in [0.2, 0.25) is 0 Å². The molecule has 1 atom stereocenters. The average molecular weight is 484 g/mol. The van der Waals surface area contributed by atoms with Gasteiger partial charge in [0, 0.05) is 11.1 Å². The molecule has 11 heteroatoms. The van der Waals surface area contributed by atoms with Crippen LogP contribution in [0.5, 0.6) is 11.5 Å². The lowest BCUT2D eigenvalue weighted by Gasteiger charge is -2.14. The lowest BCUT2D eigenvalue weighted by atomic mass is 10.1. The van der Waals surface area contributed by atoms with Crippen LogP contribution in [0.1, 0.15) is 42.4 Å². The molecule has 0 spiro atoms. The van der Waals surface area contributed by atoms with Gasteiger partial charge in [-0.25, -0.2) is 9.82 Å².